The maximum Gasteiger partial charge on any atom is 0.342 e. The summed E-state index contributed by atoms with van der Waals surface area (Å²) in [6.45, 7) is 1.18. The van der Waals surface area contributed by atoms with Crippen LogP contribution >= 0.6 is 11.6 Å². The van der Waals surface area contributed by atoms with E-state index in [2.05, 4.69) is 10.1 Å². The third kappa shape index (κ3) is 4.73. The predicted molar refractivity (Wildman–Crippen MR) is 94.5 cm³/mol. The van der Waals surface area contributed by atoms with Crippen LogP contribution < -0.4 is 5.32 Å². The first kappa shape index (κ1) is 19.3. The van der Waals surface area contributed by atoms with Gasteiger partial charge < -0.3 is 19.9 Å². The number of methoxy groups -OCH3 is 1. The highest BCUT2D eigenvalue weighted by molar-refractivity contribution is 6.30. The molecule has 0 aliphatic rings. The minimum Gasteiger partial charge on any atom is -0.507 e. The van der Waals surface area contributed by atoms with E-state index in [0.717, 1.165) is 0 Å². The van der Waals surface area contributed by atoms with E-state index < -0.39 is 24.5 Å². The van der Waals surface area contributed by atoms with Crippen molar-refractivity contribution >= 4 is 35.1 Å². The minimum absolute atomic E-state index is 0.105. The monoisotopic (exact) mass is 377 g/mol. The number of carbonyl (C=O) groups is 3. The molecule has 0 heterocycles. The summed E-state index contributed by atoms with van der Waals surface area (Å²) in [5, 5.41) is 12.5. The molecule has 0 aliphatic carbocycles. The number of ether oxygens (including phenoxy) is 2. The predicted octanol–water partition coefficient (Wildman–Crippen LogP) is 2.94. The van der Waals surface area contributed by atoms with Crippen molar-refractivity contribution in [2.75, 3.05) is 19.0 Å². The van der Waals surface area contributed by atoms with Crippen LogP contribution in [0.4, 0.5) is 5.69 Å². The van der Waals surface area contributed by atoms with Crippen molar-refractivity contribution < 1.29 is 29.0 Å². The topological polar surface area (TPSA) is 102 Å². The number of phenolic OH excluding ortho intramolecular Hbond substituents is 1. The molecule has 26 heavy (non-hydrogen) atoms. The number of carbonyl (C=O) groups excluding carboxylic acids is 3. The molecule has 2 rings (SSSR count). The molecule has 2 aromatic rings. The number of amides is 1. The number of anilines is 1. The van der Waals surface area contributed by atoms with Gasteiger partial charge in [-0.1, -0.05) is 17.7 Å². The Kier molecular flexibility index (Phi) is 6.19. The summed E-state index contributed by atoms with van der Waals surface area (Å²) in [6.07, 6.45) is 0. The quantitative estimate of drug-likeness (QED) is 0.777. The third-order valence-corrected chi connectivity index (χ3v) is 3.68. The van der Waals surface area contributed by atoms with Crippen LogP contribution in [-0.2, 0) is 14.3 Å². The van der Waals surface area contributed by atoms with Gasteiger partial charge in [0.2, 0.25) is 0 Å². The zero-order valence-corrected chi connectivity index (χ0v) is 14.8. The average molecular weight is 378 g/mol. The number of hydrogen-bond acceptors (Lipinski definition) is 6. The molecule has 0 aliphatic heterocycles. The maximum atomic E-state index is 12.0. The summed E-state index contributed by atoms with van der Waals surface area (Å²) < 4.78 is 9.51. The molecular weight excluding hydrogens is 362 g/mol. The number of nitrogens with one attached hydrogen (secondary N) is 1. The van der Waals surface area contributed by atoms with Crippen LogP contribution in [0.2, 0.25) is 5.02 Å². The van der Waals surface area contributed by atoms with Crippen LogP contribution in [0.3, 0.4) is 0 Å². The van der Waals surface area contributed by atoms with Crippen LogP contribution in [0, 0.1) is 6.92 Å². The van der Waals surface area contributed by atoms with E-state index in [1.165, 1.54) is 31.4 Å². The van der Waals surface area contributed by atoms with Gasteiger partial charge in [0.1, 0.15) is 11.3 Å². The van der Waals surface area contributed by atoms with Crippen LogP contribution in [0.25, 0.3) is 0 Å². The van der Waals surface area contributed by atoms with Gasteiger partial charge in [-0.05, 0) is 42.8 Å². The first-order valence-electron chi connectivity index (χ1n) is 7.46. The lowest BCUT2D eigenvalue weighted by atomic mass is 10.1. The molecule has 0 saturated heterocycles. The molecule has 0 unspecified atom stereocenters. The Hall–Kier alpha value is -3.06. The number of esters is 2. The molecule has 2 aromatic carbocycles. The molecule has 0 aromatic heterocycles. The highest BCUT2D eigenvalue weighted by atomic mass is 35.5. The van der Waals surface area contributed by atoms with Gasteiger partial charge in [0.25, 0.3) is 5.91 Å². The van der Waals surface area contributed by atoms with Gasteiger partial charge in [0.05, 0.1) is 12.7 Å². The molecule has 0 spiro atoms. The van der Waals surface area contributed by atoms with E-state index in [1.807, 2.05) is 0 Å². The number of rotatable bonds is 5. The molecule has 136 valence electrons. The Bertz CT molecular complexity index is 865. The Morgan fingerprint density at radius 2 is 1.85 bits per heavy atom. The normalized spacial score (nSPS) is 10.1. The van der Waals surface area contributed by atoms with Crippen molar-refractivity contribution in [1.82, 2.24) is 0 Å². The average Bonchev–Trinajstić information content (AvgIpc) is 2.61. The second-order valence-electron chi connectivity index (χ2n) is 5.31. The summed E-state index contributed by atoms with van der Waals surface area (Å²) in [5.41, 5.74) is 1.28. The summed E-state index contributed by atoms with van der Waals surface area (Å²) in [5.74, 6) is -2.35. The standard InChI is InChI=1S/C18H16ClNO6/c1-10-3-4-11(17(23)25-2)7-14(10)20-16(22)9-26-18(24)13-6-5-12(19)8-15(13)21/h3-8,21H,9H2,1-2H3,(H,20,22). The largest absolute Gasteiger partial charge is 0.507 e. The molecule has 0 fully saturated rings. The van der Waals surface area contributed by atoms with Gasteiger partial charge in [-0.3, -0.25) is 4.79 Å². The Morgan fingerprint density at radius 1 is 1.12 bits per heavy atom. The molecule has 0 saturated carbocycles. The van der Waals surface area contributed by atoms with E-state index in [-0.39, 0.29) is 21.9 Å². The van der Waals surface area contributed by atoms with Gasteiger partial charge in [-0.2, -0.15) is 0 Å². The molecular formula is C18H16ClNO6. The van der Waals surface area contributed by atoms with Gasteiger partial charge in [-0.15, -0.1) is 0 Å². The highest BCUT2D eigenvalue weighted by Crippen LogP contribution is 2.22. The molecule has 1 amide bonds. The van der Waals surface area contributed by atoms with Crippen molar-refractivity contribution in [2.45, 2.75) is 6.92 Å². The Morgan fingerprint density at radius 3 is 2.50 bits per heavy atom. The van der Waals surface area contributed by atoms with Gasteiger partial charge >= 0.3 is 11.9 Å². The lowest BCUT2D eigenvalue weighted by Gasteiger charge is -2.11. The molecule has 0 bridgehead atoms. The zero-order chi connectivity index (χ0) is 19.3. The Labute approximate surface area is 154 Å². The SMILES string of the molecule is COC(=O)c1ccc(C)c(NC(=O)COC(=O)c2ccc(Cl)cc2O)c1. The highest BCUT2D eigenvalue weighted by Gasteiger charge is 2.16. The fourth-order valence-electron chi connectivity index (χ4n) is 2.07. The number of hydrogen-bond donors (Lipinski definition) is 2. The lowest BCUT2D eigenvalue weighted by Crippen LogP contribution is -2.21. The van der Waals surface area contributed by atoms with Gasteiger partial charge in [-0.25, -0.2) is 9.59 Å². The summed E-state index contributed by atoms with van der Waals surface area (Å²) in [7, 11) is 1.26. The van der Waals surface area contributed by atoms with Gasteiger partial charge in [0.15, 0.2) is 6.61 Å². The van der Waals surface area contributed by atoms with E-state index >= 15 is 0 Å². The summed E-state index contributed by atoms with van der Waals surface area (Å²) in [4.78, 5) is 35.5. The molecule has 8 heteroatoms. The third-order valence-electron chi connectivity index (χ3n) is 3.45. The second kappa shape index (κ2) is 8.35. The second-order valence-corrected chi connectivity index (χ2v) is 5.74. The van der Waals surface area contributed by atoms with Gasteiger partial charge in [0, 0.05) is 10.7 Å². The Balaban J connectivity index is 2.00. The smallest absolute Gasteiger partial charge is 0.342 e. The number of benzene rings is 2. The van der Waals surface area contributed by atoms with E-state index in [1.54, 1.807) is 19.1 Å². The lowest BCUT2D eigenvalue weighted by molar-refractivity contribution is -0.119. The van der Waals surface area contributed by atoms with Crippen LogP contribution in [0.15, 0.2) is 36.4 Å². The van der Waals surface area contributed by atoms with Crippen LogP contribution in [0.5, 0.6) is 5.75 Å². The number of phenols is 1. The van der Waals surface area contributed by atoms with Crippen molar-refractivity contribution in [3.8, 4) is 5.75 Å². The number of halogens is 1. The molecule has 0 radical (unpaired) electrons. The van der Waals surface area contributed by atoms with Crippen molar-refractivity contribution in [3.05, 3.63) is 58.1 Å². The van der Waals surface area contributed by atoms with E-state index in [9.17, 15) is 19.5 Å². The van der Waals surface area contributed by atoms with Crippen molar-refractivity contribution in [1.29, 1.82) is 0 Å². The fraction of sp³-hybridized carbons (Fsp3) is 0.167. The van der Waals surface area contributed by atoms with Crippen LogP contribution in [0.1, 0.15) is 26.3 Å². The minimum atomic E-state index is -0.866. The molecule has 0 atom stereocenters. The maximum absolute atomic E-state index is 12.0. The fourth-order valence-corrected chi connectivity index (χ4v) is 2.24. The van der Waals surface area contributed by atoms with Crippen molar-refractivity contribution in [2.24, 2.45) is 0 Å². The van der Waals surface area contributed by atoms with E-state index in [0.29, 0.717) is 11.3 Å². The molecule has 7 nitrogen and oxygen atoms in total. The zero-order valence-electron chi connectivity index (χ0n) is 14.0. The van der Waals surface area contributed by atoms with Crippen LogP contribution in [-0.4, -0.2) is 36.7 Å². The first-order valence-corrected chi connectivity index (χ1v) is 7.84. The van der Waals surface area contributed by atoms with Crippen molar-refractivity contribution in [3.63, 3.8) is 0 Å². The first-order chi connectivity index (χ1) is 12.3. The molecule has 2 N–H and O–H groups in total. The number of aromatic hydroxyl groups is 1. The van der Waals surface area contributed by atoms with E-state index in [4.69, 9.17) is 16.3 Å². The summed E-state index contributed by atoms with van der Waals surface area (Å²) in [6, 6.07) is 8.59. The summed E-state index contributed by atoms with van der Waals surface area (Å²) >= 11 is 5.69. The number of aryl methyl sites for hydroxylation is 1.